The van der Waals surface area contributed by atoms with E-state index in [0.717, 1.165) is 10.9 Å². The fourth-order valence-electron chi connectivity index (χ4n) is 2.21. The maximum absolute atomic E-state index is 12.0. The van der Waals surface area contributed by atoms with Gasteiger partial charge in [-0.1, -0.05) is 15.9 Å². The molecule has 23 heavy (non-hydrogen) atoms. The van der Waals surface area contributed by atoms with E-state index in [1.807, 2.05) is 32.9 Å². The number of halogens is 1. The zero-order chi connectivity index (χ0) is 17.1. The molecule has 130 valence electrons. The van der Waals surface area contributed by atoms with Crippen molar-refractivity contribution in [3.8, 4) is 0 Å². The van der Waals surface area contributed by atoms with Gasteiger partial charge < -0.3 is 18.6 Å². The number of benzene rings is 1. The molecule has 0 aliphatic rings. The van der Waals surface area contributed by atoms with Crippen LogP contribution in [0.25, 0.3) is 0 Å². The first kappa shape index (κ1) is 20.3. The van der Waals surface area contributed by atoms with Crippen molar-refractivity contribution >= 4 is 30.6 Å². The molecule has 7 heteroatoms. The van der Waals surface area contributed by atoms with Crippen molar-refractivity contribution in [2.24, 2.45) is 0 Å². The predicted octanol–water partition coefficient (Wildman–Crippen LogP) is 3.62. The van der Waals surface area contributed by atoms with Gasteiger partial charge in [-0.2, -0.15) is 0 Å². The fraction of sp³-hybridized carbons (Fsp3) is 0.562. The van der Waals surface area contributed by atoms with E-state index < -0.39 is 8.80 Å². The third-order valence-corrected chi connectivity index (χ3v) is 6.82. The Balaban J connectivity index is 2.46. The molecule has 0 aliphatic heterocycles. The Morgan fingerprint density at radius 3 is 2.04 bits per heavy atom. The fourth-order valence-corrected chi connectivity index (χ4v) is 5.09. The Labute approximate surface area is 148 Å². The summed E-state index contributed by atoms with van der Waals surface area (Å²) >= 11 is 3.36. The first-order chi connectivity index (χ1) is 11.1. The summed E-state index contributed by atoms with van der Waals surface area (Å²) in [4.78, 5) is 12.0. The van der Waals surface area contributed by atoms with E-state index >= 15 is 0 Å². The van der Waals surface area contributed by atoms with Crippen LogP contribution in [0.1, 0.15) is 37.6 Å². The number of carbonyl (C=O) groups is 1. The van der Waals surface area contributed by atoms with E-state index in [4.69, 9.17) is 13.3 Å². The monoisotopic (exact) mass is 403 g/mol. The summed E-state index contributed by atoms with van der Waals surface area (Å²) < 4.78 is 18.3. The number of nitrogens with one attached hydrogen (secondary N) is 1. The normalized spacial score (nSPS) is 11.5. The van der Waals surface area contributed by atoms with Crippen molar-refractivity contribution in [1.82, 2.24) is 5.32 Å². The molecule has 0 heterocycles. The van der Waals surface area contributed by atoms with E-state index in [9.17, 15) is 4.79 Å². The summed E-state index contributed by atoms with van der Waals surface area (Å²) in [6.07, 6.45) is 0.758. The zero-order valence-corrected chi connectivity index (χ0v) is 16.6. The highest BCUT2D eigenvalue weighted by molar-refractivity contribution is 9.10. The average molecular weight is 404 g/mol. The number of amides is 1. The summed E-state index contributed by atoms with van der Waals surface area (Å²) in [5.74, 6) is -0.0750. The molecule has 0 radical (unpaired) electrons. The van der Waals surface area contributed by atoms with Gasteiger partial charge in [0.25, 0.3) is 5.91 Å². The largest absolute Gasteiger partial charge is 0.500 e. The Morgan fingerprint density at radius 1 is 1.04 bits per heavy atom. The van der Waals surface area contributed by atoms with Crippen LogP contribution in [0, 0.1) is 0 Å². The lowest BCUT2D eigenvalue weighted by molar-refractivity contribution is 0.0705. The quantitative estimate of drug-likeness (QED) is 0.452. The third kappa shape index (κ3) is 7.13. The number of hydrogen-bond donors (Lipinski definition) is 1. The average Bonchev–Trinajstić information content (AvgIpc) is 2.53. The van der Waals surface area contributed by atoms with E-state index in [1.165, 1.54) is 0 Å². The molecule has 0 fully saturated rings. The van der Waals surface area contributed by atoms with Crippen molar-refractivity contribution < 1.29 is 18.1 Å². The summed E-state index contributed by atoms with van der Waals surface area (Å²) in [7, 11) is -2.61. The first-order valence-electron chi connectivity index (χ1n) is 8.02. The van der Waals surface area contributed by atoms with Gasteiger partial charge in [0.2, 0.25) is 0 Å². The molecule has 0 atom stereocenters. The zero-order valence-electron chi connectivity index (χ0n) is 14.1. The van der Waals surface area contributed by atoms with Crippen LogP contribution in [0.2, 0.25) is 6.04 Å². The standard InChI is InChI=1S/C16H26BrNO4Si/c1-4-20-23(21-5-2,22-6-3)13-7-12-18-16(19)14-8-10-15(17)11-9-14/h8-11H,4-7,12-13H2,1-3H3,(H,18,19). The van der Waals surface area contributed by atoms with E-state index in [-0.39, 0.29) is 5.91 Å². The Hall–Kier alpha value is -0.733. The highest BCUT2D eigenvalue weighted by Crippen LogP contribution is 2.18. The molecule has 5 nitrogen and oxygen atoms in total. The maximum Gasteiger partial charge on any atom is 0.500 e. The SMILES string of the molecule is CCO[Si](CCCNC(=O)c1ccc(Br)cc1)(OCC)OCC. The second-order valence-electron chi connectivity index (χ2n) is 4.85. The predicted molar refractivity (Wildman–Crippen MR) is 96.5 cm³/mol. The third-order valence-electron chi connectivity index (χ3n) is 3.14. The van der Waals surface area contributed by atoms with Crippen LogP contribution in [-0.2, 0) is 13.3 Å². The van der Waals surface area contributed by atoms with Gasteiger partial charge in [-0.05, 0) is 51.5 Å². The summed E-state index contributed by atoms with van der Waals surface area (Å²) in [5.41, 5.74) is 0.649. The number of rotatable bonds is 11. The van der Waals surface area contributed by atoms with Gasteiger partial charge in [0, 0.05) is 42.4 Å². The van der Waals surface area contributed by atoms with Crippen LogP contribution in [-0.4, -0.2) is 41.1 Å². The van der Waals surface area contributed by atoms with Crippen LogP contribution < -0.4 is 5.32 Å². The highest BCUT2D eigenvalue weighted by atomic mass is 79.9. The van der Waals surface area contributed by atoms with Crippen LogP contribution in [0.15, 0.2) is 28.7 Å². The van der Waals surface area contributed by atoms with Crippen molar-refractivity contribution in [3.05, 3.63) is 34.3 Å². The molecule has 0 aromatic heterocycles. The second-order valence-corrected chi connectivity index (χ2v) is 8.50. The topological polar surface area (TPSA) is 56.8 Å². The van der Waals surface area contributed by atoms with Gasteiger partial charge >= 0.3 is 8.80 Å². The van der Waals surface area contributed by atoms with Crippen LogP contribution >= 0.6 is 15.9 Å². The Morgan fingerprint density at radius 2 is 1.57 bits per heavy atom. The smallest absolute Gasteiger partial charge is 0.374 e. The van der Waals surface area contributed by atoms with Gasteiger partial charge in [-0.3, -0.25) is 4.79 Å². The minimum absolute atomic E-state index is 0.0750. The first-order valence-corrected chi connectivity index (χ1v) is 10.7. The molecule has 0 saturated heterocycles. The van der Waals surface area contributed by atoms with Crippen LogP contribution in [0.3, 0.4) is 0 Å². The number of carbonyl (C=O) groups excluding carboxylic acids is 1. The van der Waals surface area contributed by atoms with Crippen molar-refractivity contribution in [2.45, 2.75) is 33.2 Å². The van der Waals surface area contributed by atoms with E-state index in [1.54, 1.807) is 12.1 Å². The molecule has 1 N–H and O–H groups in total. The minimum atomic E-state index is -2.61. The van der Waals surface area contributed by atoms with Gasteiger partial charge in [-0.15, -0.1) is 0 Å². The lowest BCUT2D eigenvalue weighted by Crippen LogP contribution is -2.46. The summed E-state index contributed by atoms with van der Waals surface area (Å²) in [6.45, 7) is 8.09. The molecular weight excluding hydrogens is 378 g/mol. The van der Waals surface area contributed by atoms with E-state index in [0.29, 0.717) is 38.0 Å². The van der Waals surface area contributed by atoms with Crippen LogP contribution in [0.4, 0.5) is 0 Å². The van der Waals surface area contributed by atoms with Crippen molar-refractivity contribution in [2.75, 3.05) is 26.4 Å². The second kappa shape index (κ2) is 10.9. The molecule has 0 aliphatic carbocycles. The maximum atomic E-state index is 12.0. The van der Waals surface area contributed by atoms with Crippen molar-refractivity contribution in [1.29, 1.82) is 0 Å². The number of hydrogen-bond acceptors (Lipinski definition) is 4. The van der Waals surface area contributed by atoms with E-state index in [2.05, 4.69) is 21.2 Å². The molecular formula is C16H26BrNO4Si. The molecule has 1 aromatic carbocycles. The Kier molecular flexibility index (Phi) is 9.65. The van der Waals surface area contributed by atoms with Gasteiger partial charge in [0.15, 0.2) is 0 Å². The lowest BCUT2D eigenvalue weighted by atomic mass is 10.2. The van der Waals surface area contributed by atoms with Gasteiger partial charge in [0.05, 0.1) is 0 Å². The van der Waals surface area contributed by atoms with Crippen LogP contribution in [0.5, 0.6) is 0 Å². The minimum Gasteiger partial charge on any atom is -0.374 e. The summed E-state index contributed by atoms with van der Waals surface area (Å²) in [5, 5.41) is 2.92. The van der Waals surface area contributed by atoms with Crippen molar-refractivity contribution in [3.63, 3.8) is 0 Å². The lowest BCUT2D eigenvalue weighted by Gasteiger charge is -2.28. The molecule has 1 amide bonds. The molecule has 0 saturated carbocycles. The van der Waals surface area contributed by atoms with Gasteiger partial charge in [0.1, 0.15) is 0 Å². The molecule has 1 rings (SSSR count). The molecule has 0 spiro atoms. The summed E-state index contributed by atoms with van der Waals surface area (Å²) in [6, 6.07) is 7.99. The highest BCUT2D eigenvalue weighted by Gasteiger charge is 2.39. The molecule has 0 unspecified atom stereocenters. The Bertz CT molecular complexity index is 453. The molecule has 0 bridgehead atoms. The molecule has 1 aromatic rings. The van der Waals surface area contributed by atoms with Gasteiger partial charge in [-0.25, -0.2) is 0 Å².